The average molecular weight is 441 g/mol. The summed E-state index contributed by atoms with van der Waals surface area (Å²) in [5, 5.41) is 3.00. The third-order valence-corrected chi connectivity index (χ3v) is 5.47. The van der Waals surface area contributed by atoms with E-state index in [4.69, 9.17) is 14.2 Å². The Bertz CT molecular complexity index is 876. The second-order valence-corrected chi connectivity index (χ2v) is 7.93. The van der Waals surface area contributed by atoms with E-state index in [0.29, 0.717) is 44.0 Å². The monoisotopic (exact) mass is 440 g/mol. The van der Waals surface area contributed by atoms with Gasteiger partial charge in [0.25, 0.3) is 5.91 Å². The van der Waals surface area contributed by atoms with Gasteiger partial charge in [-0.15, -0.1) is 0 Å². The van der Waals surface area contributed by atoms with E-state index < -0.39 is 0 Å². The summed E-state index contributed by atoms with van der Waals surface area (Å²) in [6.45, 7) is 3.78. The minimum atomic E-state index is -0.172. The molecule has 7 nitrogen and oxygen atoms in total. The molecule has 0 spiro atoms. The summed E-state index contributed by atoms with van der Waals surface area (Å²) >= 11 is 0. The molecule has 7 heteroatoms. The molecule has 0 radical (unpaired) electrons. The first-order chi connectivity index (χ1) is 15.5. The fraction of sp³-hybridized carbons (Fsp3) is 0.440. The molecule has 2 amide bonds. The van der Waals surface area contributed by atoms with E-state index in [1.807, 2.05) is 48.2 Å². The lowest BCUT2D eigenvalue weighted by atomic mass is 10.0. The summed E-state index contributed by atoms with van der Waals surface area (Å²) < 4.78 is 16.5. The number of hydrogen-bond donors (Lipinski definition) is 1. The molecule has 0 aliphatic carbocycles. The molecule has 2 aromatic carbocycles. The molecule has 1 aliphatic rings. The van der Waals surface area contributed by atoms with Gasteiger partial charge in [-0.3, -0.25) is 9.59 Å². The fourth-order valence-corrected chi connectivity index (χ4v) is 3.63. The third-order valence-electron chi connectivity index (χ3n) is 5.47. The van der Waals surface area contributed by atoms with E-state index in [1.54, 1.807) is 19.2 Å². The highest BCUT2D eigenvalue weighted by molar-refractivity contribution is 5.78. The highest BCUT2D eigenvalue weighted by Gasteiger charge is 2.23. The Balaban J connectivity index is 1.30. The Labute approximate surface area is 189 Å². The van der Waals surface area contributed by atoms with Crippen LogP contribution < -0.4 is 19.5 Å². The second-order valence-electron chi connectivity index (χ2n) is 7.93. The lowest BCUT2D eigenvalue weighted by Crippen LogP contribution is -2.47. The van der Waals surface area contributed by atoms with Crippen LogP contribution in [0.4, 0.5) is 0 Å². The van der Waals surface area contributed by atoms with E-state index in [9.17, 15) is 9.59 Å². The third kappa shape index (κ3) is 7.18. The van der Waals surface area contributed by atoms with Crippen LogP contribution in [0.1, 0.15) is 31.2 Å². The molecule has 1 fully saturated rings. The minimum absolute atomic E-state index is 0.0534. The van der Waals surface area contributed by atoms with Crippen molar-refractivity contribution in [1.29, 1.82) is 0 Å². The van der Waals surface area contributed by atoms with E-state index in [2.05, 4.69) is 5.32 Å². The second kappa shape index (κ2) is 12.0. The van der Waals surface area contributed by atoms with E-state index in [1.165, 1.54) is 5.56 Å². The van der Waals surface area contributed by atoms with E-state index in [0.717, 1.165) is 18.6 Å². The average Bonchev–Trinajstić information content (AvgIpc) is 2.82. The van der Waals surface area contributed by atoms with Gasteiger partial charge < -0.3 is 24.4 Å². The Morgan fingerprint density at radius 2 is 1.69 bits per heavy atom. The van der Waals surface area contributed by atoms with Crippen LogP contribution in [0.15, 0.2) is 48.5 Å². The number of benzene rings is 2. The molecule has 1 heterocycles. The maximum absolute atomic E-state index is 12.5. The number of piperidine rings is 1. The van der Waals surface area contributed by atoms with Crippen molar-refractivity contribution in [1.82, 2.24) is 10.2 Å². The number of amides is 2. The van der Waals surface area contributed by atoms with Crippen molar-refractivity contribution < 1.29 is 23.8 Å². The first-order valence-corrected chi connectivity index (χ1v) is 11.1. The largest absolute Gasteiger partial charge is 0.494 e. The molecule has 2 aromatic rings. The van der Waals surface area contributed by atoms with Gasteiger partial charge in [0.15, 0.2) is 18.1 Å². The normalized spacial score (nSPS) is 14.0. The van der Waals surface area contributed by atoms with Crippen molar-refractivity contribution in [3.63, 3.8) is 0 Å². The van der Waals surface area contributed by atoms with Crippen LogP contribution in [0.3, 0.4) is 0 Å². The van der Waals surface area contributed by atoms with Crippen molar-refractivity contribution in [2.24, 2.45) is 0 Å². The number of nitrogens with one attached hydrogen (secondary N) is 1. The fourth-order valence-electron chi connectivity index (χ4n) is 3.63. The number of ether oxygens (including phenoxy) is 3. The number of likely N-dealkylation sites (tertiary alicyclic amines) is 1. The van der Waals surface area contributed by atoms with Gasteiger partial charge in [0.1, 0.15) is 5.75 Å². The number of nitrogens with zero attached hydrogens (tertiary/aromatic N) is 1. The molecule has 32 heavy (non-hydrogen) atoms. The van der Waals surface area contributed by atoms with Crippen LogP contribution in [0, 0.1) is 6.92 Å². The first kappa shape index (κ1) is 23.4. The van der Waals surface area contributed by atoms with Gasteiger partial charge in [-0.05, 0) is 50.5 Å². The maximum atomic E-state index is 12.5. The Kier molecular flexibility index (Phi) is 8.78. The van der Waals surface area contributed by atoms with Crippen LogP contribution >= 0.6 is 0 Å². The first-order valence-electron chi connectivity index (χ1n) is 11.1. The molecule has 0 atom stereocenters. The van der Waals surface area contributed by atoms with Crippen LogP contribution in [0.25, 0.3) is 0 Å². The Morgan fingerprint density at radius 1 is 1.00 bits per heavy atom. The van der Waals surface area contributed by atoms with Gasteiger partial charge in [-0.1, -0.05) is 29.8 Å². The summed E-state index contributed by atoms with van der Waals surface area (Å²) in [7, 11) is 1.56. The van der Waals surface area contributed by atoms with Crippen molar-refractivity contribution in [3.05, 3.63) is 54.1 Å². The zero-order valence-corrected chi connectivity index (χ0v) is 18.8. The van der Waals surface area contributed by atoms with Crippen LogP contribution in [-0.4, -0.2) is 56.2 Å². The van der Waals surface area contributed by atoms with Crippen LogP contribution in [0.5, 0.6) is 17.2 Å². The molecular formula is C25H32N2O5. The summed E-state index contributed by atoms with van der Waals surface area (Å²) in [5.41, 5.74) is 1.19. The number of carbonyl (C=O) groups excluding carboxylic acids is 2. The topological polar surface area (TPSA) is 77.1 Å². The molecule has 0 aromatic heterocycles. The number of hydrogen-bond acceptors (Lipinski definition) is 5. The lowest BCUT2D eigenvalue weighted by Gasteiger charge is -2.32. The molecule has 0 bridgehead atoms. The maximum Gasteiger partial charge on any atom is 0.258 e. The highest BCUT2D eigenvalue weighted by Crippen LogP contribution is 2.25. The quantitative estimate of drug-likeness (QED) is 0.574. The molecule has 1 N–H and O–H groups in total. The summed E-state index contributed by atoms with van der Waals surface area (Å²) in [6.07, 6.45) is 2.64. The predicted molar refractivity (Wildman–Crippen MR) is 122 cm³/mol. The molecule has 172 valence electrons. The van der Waals surface area contributed by atoms with E-state index in [-0.39, 0.29) is 24.5 Å². The number of para-hydroxylation sites is 2. The van der Waals surface area contributed by atoms with Crippen molar-refractivity contribution >= 4 is 11.8 Å². The molecular weight excluding hydrogens is 408 g/mol. The smallest absolute Gasteiger partial charge is 0.258 e. The van der Waals surface area contributed by atoms with Crippen molar-refractivity contribution in [2.45, 2.75) is 38.6 Å². The summed E-state index contributed by atoms with van der Waals surface area (Å²) in [6, 6.07) is 15.2. The van der Waals surface area contributed by atoms with Gasteiger partial charge in [0.05, 0.1) is 13.7 Å². The standard InChI is InChI=1S/C25H32N2O5/c1-19-9-11-21(12-10-19)31-17-5-8-25(29)27-15-13-20(14-16-27)26-24(28)18-32-23-7-4-3-6-22(23)30-2/h3-4,6-7,9-12,20H,5,8,13-18H2,1-2H3,(H,26,28). The molecule has 0 unspecified atom stereocenters. The highest BCUT2D eigenvalue weighted by atomic mass is 16.5. The molecule has 3 rings (SSSR count). The molecule has 1 aliphatic heterocycles. The number of methoxy groups -OCH3 is 1. The molecule has 0 saturated carbocycles. The van der Waals surface area contributed by atoms with Gasteiger partial charge >= 0.3 is 0 Å². The Morgan fingerprint density at radius 3 is 2.38 bits per heavy atom. The zero-order chi connectivity index (χ0) is 22.8. The SMILES string of the molecule is COc1ccccc1OCC(=O)NC1CCN(C(=O)CCCOc2ccc(C)cc2)CC1. The van der Waals surface area contributed by atoms with Gasteiger partial charge in [0.2, 0.25) is 5.91 Å². The summed E-state index contributed by atoms with van der Waals surface area (Å²) in [4.78, 5) is 26.6. The predicted octanol–water partition coefficient (Wildman–Crippen LogP) is 3.35. The molecule has 1 saturated heterocycles. The summed E-state index contributed by atoms with van der Waals surface area (Å²) in [5.74, 6) is 1.93. The van der Waals surface area contributed by atoms with Gasteiger partial charge in [-0.25, -0.2) is 0 Å². The van der Waals surface area contributed by atoms with E-state index >= 15 is 0 Å². The van der Waals surface area contributed by atoms with Crippen molar-refractivity contribution in [3.8, 4) is 17.2 Å². The zero-order valence-electron chi connectivity index (χ0n) is 18.8. The Hall–Kier alpha value is -3.22. The van der Waals surface area contributed by atoms with Crippen LogP contribution in [0.2, 0.25) is 0 Å². The van der Waals surface area contributed by atoms with Gasteiger partial charge in [0, 0.05) is 25.6 Å². The van der Waals surface area contributed by atoms with Crippen molar-refractivity contribution in [2.75, 3.05) is 33.4 Å². The van der Waals surface area contributed by atoms with Crippen LogP contribution in [-0.2, 0) is 9.59 Å². The van der Waals surface area contributed by atoms with Gasteiger partial charge in [-0.2, -0.15) is 0 Å². The minimum Gasteiger partial charge on any atom is -0.494 e. The lowest BCUT2D eigenvalue weighted by molar-refractivity contribution is -0.132. The number of rotatable bonds is 10. The number of carbonyl (C=O) groups is 2. The number of aryl methyl sites for hydroxylation is 1.